The molecule has 0 heterocycles. The van der Waals surface area contributed by atoms with Crippen LogP contribution >= 0.6 is 7.82 Å². The summed E-state index contributed by atoms with van der Waals surface area (Å²) in [5.41, 5.74) is 0. The van der Waals surface area contributed by atoms with E-state index in [0.717, 1.165) is 59.0 Å². The molecule has 2 N–H and O–H groups in total. The molecule has 274 valence electrons. The number of carbonyl (C=O) groups is 1. The third-order valence-corrected chi connectivity index (χ3v) is 11.4. The maximum atomic E-state index is 13.2. The number of carbonyl (C=O) groups excluding carboxylic acids is 1. The van der Waals surface area contributed by atoms with E-state index in [0.29, 0.717) is 11.8 Å². The van der Waals surface area contributed by atoms with Crippen LogP contribution in [-0.2, 0) is 33.2 Å². The molecule has 0 aromatic heterocycles. The monoisotopic (exact) mass is 727 g/mol. The number of sulfonamides is 1. The number of phosphoric acid groups is 1. The number of hydrogen-bond acceptors (Lipinski definition) is 7. The molecule has 4 aromatic carbocycles. The molecule has 0 saturated carbocycles. The van der Waals surface area contributed by atoms with Crippen molar-refractivity contribution in [3.05, 3.63) is 66.7 Å². The molecule has 0 aliphatic heterocycles. The molecule has 1 atom stereocenters. The summed E-state index contributed by atoms with van der Waals surface area (Å²) in [5.74, 6) is -0.289. The summed E-state index contributed by atoms with van der Waals surface area (Å²) < 4.78 is 56.3. The smallest absolute Gasteiger partial charge is 0.466 e. The zero-order valence-electron chi connectivity index (χ0n) is 29.4. The summed E-state index contributed by atoms with van der Waals surface area (Å²) in [6.07, 6.45) is 20.7. The van der Waals surface area contributed by atoms with Gasteiger partial charge in [0, 0.05) is 24.8 Å². The zero-order chi connectivity index (χ0) is 35.7. The number of benzene rings is 4. The van der Waals surface area contributed by atoms with Gasteiger partial charge in [0.15, 0.2) is 0 Å². The van der Waals surface area contributed by atoms with Crippen LogP contribution in [0.4, 0.5) is 0 Å². The van der Waals surface area contributed by atoms with Gasteiger partial charge in [-0.25, -0.2) is 17.7 Å². The molecule has 1 unspecified atom stereocenters. The number of allylic oxidation sites excluding steroid dienone is 2. The lowest BCUT2D eigenvalue weighted by atomic mass is 9.94. The van der Waals surface area contributed by atoms with Gasteiger partial charge in [-0.3, -0.25) is 13.8 Å². The van der Waals surface area contributed by atoms with Crippen LogP contribution in [-0.4, -0.2) is 45.6 Å². The predicted molar refractivity (Wildman–Crippen MR) is 202 cm³/mol. The standard InChI is InChI=1S/C39H54NO8PS/c1-2-3-4-5-6-7-8-9-10-11-12-13-14-15-16-21-37(41)46-29-18-30-47-49(42,43)48-31-28-40-50(44,45)36-27-25-34-23-22-32-19-17-20-33-24-26-35(36)39(34)38(32)33/h9-10,17,19-20,22-27,40H,2-8,11-16,18,21,28-31H2,1H3,(H,42,43)/b10-9+. The fourth-order valence-electron chi connectivity index (χ4n) is 6.23. The fourth-order valence-corrected chi connectivity index (χ4v) is 8.20. The average Bonchev–Trinajstić information content (AvgIpc) is 3.10. The Balaban J connectivity index is 1.03. The first-order valence-corrected chi connectivity index (χ1v) is 21.3. The van der Waals surface area contributed by atoms with Gasteiger partial charge in [0.2, 0.25) is 10.0 Å². The first-order valence-electron chi connectivity index (χ1n) is 18.3. The van der Waals surface area contributed by atoms with Crippen molar-refractivity contribution >= 4 is 56.1 Å². The van der Waals surface area contributed by atoms with E-state index >= 15 is 0 Å². The lowest BCUT2D eigenvalue weighted by molar-refractivity contribution is -0.144. The summed E-state index contributed by atoms with van der Waals surface area (Å²) >= 11 is 0. The van der Waals surface area contributed by atoms with Crippen molar-refractivity contribution in [1.29, 1.82) is 0 Å². The third-order valence-electron chi connectivity index (χ3n) is 8.88. The van der Waals surface area contributed by atoms with Gasteiger partial charge in [-0.15, -0.1) is 0 Å². The molecule has 0 spiro atoms. The molecule has 0 amide bonds. The predicted octanol–water partition coefficient (Wildman–Crippen LogP) is 9.97. The van der Waals surface area contributed by atoms with Crippen molar-refractivity contribution in [2.24, 2.45) is 0 Å². The Morgan fingerprint density at radius 1 is 0.720 bits per heavy atom. The zero-order valence-corrected chi connectivity index (χ0v) is 31.2. The maximum Gasteiger partial charge on any atom is 0.472 e. The molecule has 0 radical (unpaired) electrons. The minimum atomic E-state index is -4.41. The first-order chi connectivity index (χ1) is 24.2. The van der Waals surface area contributed by atoms with Crippen molar-refractivity contribution < 1.29 is 36.5 Å². The molecule has 50 heavy (non-hydrogen) atoms. The average molecular weight is 728 g/mol. The van der Waals surface area contributed by atoms with E-state index in [1.54, 1.807) is 18.2 Å². The van der Waals surface area contributed by atoms with Gasteiger partial charge in [-0.05, 0) is 65.1 Å². The summed E-state index contributed by atoms with van der Waals surface area (Å²) in [6.45, 7) is 1.57. The summed E-state index contributed by atoms with van der Waals surface area (Å²) in [4.78, 5) is 22.1. The lowest BCUT2D eigenvalue weighted by Crippen LogP contribution is -2.27. The van der Waals surface area contributed by atoms with Crippen LogP contribution in [0.2, 0.25) is 0 Å². The van der Waals surface area contributed by atoms with E-state index in [1.165, 1.54) is 51.4 Å². The Morgan fingerprint density at radius 3 is 2.00 bits per heavy atom. The minimum Gasteiger partial charge on any atom is -0.466 e. The molecule has 11 heteroatoms. The molecule has 0 fully saturated rings. The molecular weight excluding hydrogens is 673 g/mol. The van der Waals surface area contributed by atoms with Crippen molar-refractivity contribution in [3.8, 4) is 0 Å². The molecule has 0 bridgehead atoms. The normalized spacial score (nSPS) is 13.6. The van der Waals surface area contributed by atoms with Crippen molar-refractivity contribution in [2.75, 3.05) is 26.4 Å². The number of esters is 1. The molecule has 4 rings (SSSR count). The Labute approximate surface area is 297 Å². The van der Waals surface area contributed by atoms with Crippen LogP contribution in [0, 0.1) is 0 Å². The van der Waals surface area contributed by atoms with Crippen LogP contribution in [0.15, 0.2) is 71.6 Å². The van der Waals surface area contributed by atoms with Gasteiger partial charge in [0.05, 0.1) is 24.7 Å². The highest BCUT2D eigenvalue weighted by molar-refractivity contribution is 7.89. The van der Waals surface area contributed by atoms with Crippen LogP contribution in [0.25, 0.3) is 32.3 Å². The molecule has 9 nitrogen and oxygen atoms in total. The highest BCUT2D eigenvalue weighted by Crippen LogP contribution is 2.43. The highest BCUT2D eigenvalue weighted by atomic mass is 32.2. The van der Waals surface area contributed by atoms with E-state index in [4.69, 9.17) is 13.8 Å². The number of unbranched alkanes of at least 4 members (excludes halogenated alkanes) is 11. The second-order valence-electron chi connectivity index (χ2n) is 12.9. The molecular formula is C39H54NO8PS. The number of phosphoric ester groups is 1. The van der Waals surface area contributed by atoms with Gasteiger partial charge in [-0.1, -0.05) is 119 Å². The Bertz CT molecular complexity index is 1790. The maximum absolute atomic E-state index is 13.2. The van der Waals surface area contributed by atoms with Crippen molar-refractivity contribution in [1.82, 2.24) is 4.72 Å². The summed E-state index contributed by atoms with van der Waals surface area (Å²) in [6, 6.07) is 17.0. The van der Waals surface area contributed by atoms with Gasteiger partial charge >= 0.3 is 13.8 Å². The largest absolute Gasteiger partial charge is 0.472 e. The molecule has 0 saturated heterocycles. The van der Waals surface area contributed by atoms with Gasteiger partial charge in [0.1, 0.15) is 0 Å². The summed E-state index contributed by atoms with van der Waals surface area (Å²) in [7, 11) is -8.36. The van der Waals surface area contributed by atoms with Crippen LogP contribution in [0.5, 0.6) is 0 Å². The van der Waals surface area contributed by atoms with E-state index in [2.05, 4.69) is 23.8 Å². The first kappa shape index (κ1) is 39.9. The van der Waals surface area contributed by atoms with Crippen molar-refractivity contribution in [2.45, 2.75) is 108 Å². The van der Waals surface area contributed by atoms with Crippen LogP contribution in [0.3, 0.4) is 0 Å². The van der Waals surface area contributed by atoms with Gasteiger partial charge in [-0.2, -0.15) is 0 Å². The number of hydrogen-bond donors (Lipinski definition) is 2. The molecule has 0 aliphatic carbocycles. The van der Waals surface area contributed by atoms with E-state index in [1.807, 2.05) is 36.4 Å². The van der Waals surface area contributed by atoms with Crippen LogP contribution in [0.1, 0.15) is 103 Å². The third kappa shape index (κ3) is 12.7. The van der Waals surface area contributed by atoms with Gasteiger partial charge < -0.3 is 9.63 Å². The number of rotatable bonds is 26. The summed E-state index contributed by atoms with van der Waals surface area (Å²) in [5, 5.41) is 5.49. The number of ether oxygens (including phenoxy) is 1. The fraction of sp³-hybridized carbons (Fsp3) is 0.513. The quantitative estimate of drug-likeness (QED) is 0.0215. The second-order valence-corrected chi connectivity index (χ2v) is 16.0. The second kappa shape index (κ2) is 20.9. The molecule has 0 aliphatic rings. The Kier molecular flexibility index (Phi) is 16.7. The topological polar surface area (TPSA) is 128 Å². The molecule has 4 aromatic rings. The van der Waals surface area contributed by atoms with E-state index in [-0.39, 0.29) is 43.7 Å². The Morgan fingerprint density at radius 2 is 1.30 bits per heavy atom. The number of nitrogens with one attached hydrogen (secondary N) is 1. The SMILES string of the molecule is CCCCCCCC/C=C/CCCCCCCC(=O)OCCCOP(=O)(O)OCCNS(=O)(=O)c1ccc2ccc3cccc4ccc1c2c34. The lowest BCUT2D eigenvalue weighted by Gasteiger charge is -2.15. The Hall–Kier alpha value is -2.85. The van der Waals surface area contributed by atoms with Crippen molar-refractivity contribution in [3.63, 3.8) is 0 Å². The van der Waals surface area contributed by atoms with Crippen LogP contribution < -0.4 is 4.72 Å². The minimum absolute atomic E-state index is 0.0724. The van der Waals surface area contributed by atoms with E-state index < -0.39 is 17.8 Å². The van der Waals surface area contributed by atoms with Gasteiger partial charge in [0.25, 0.3) is 0 Å². The highest BCUT2D eigenvalue weighted by Gasteiger charge is 2.23. The van der Waals surface area contributed by atoms with E-state index in [9.17, 15) is 22.7 Å².